The van der Waals surface area contributed by atoms with Crippen molar-refractivity contribution in [2.75, 3.05) is 75.0 Å². The first kappa shape index (κ1) is 47.6. The zero-order valence-corrected chi connectivity index (χ0v) is 35.3. The van der Waals surface area contributed by atoms with E-state index in [9.17, 15) is 48.6 Å². The molecule has 3 aliphatic heterocycles. The van der Waals surface area contributed by atoms with Gasteiger partial charge in [-0.15, -0.1) is 0 Å². The van der Waals surface area contributed by atoms with Crippen molar-refractivity contribution < 1.29 is 49.2 Å². The van der Waals surface area contributed by atoms with Crippen molar-refractivity contribution in [2.45, 2.75) is 49.9 Å². The number of H-pyrrole nitrogens is 2. The van der Waals surface area contributed by atoms with Gasteiger partial charge in [0.1, 0.15) is 17.8 Å². The van der Waals surface area contributed by atoms with Crippen molar-refractivity contribution in [3.05, 3.63) is 80.4 Å². The molecule has 2 aromatic carbocycles. The quantitative estimate of drug-likeness (QED) is 0.0455. The van der Waals surface area contributed by atoms with Crippen LogP contribution >= 0.6 is 0 Å². The molecule has 2 amide bonds. The zero-order chi connectivity index (χ0) is 48.5. The number of aromatic nitrogens is 4. The molecular weight excluding hydrogens is 883 g/mol. The third kappa shape index (κ3) is 11.6. The number of carboxylic acids is 4. The highest BCUT2D eigenvalue weighted by Gasteiger charge is 2.37. The first-order valence-electron chi connectivity index (χ1n) is 20.4. The Kier molecular flexibility index (Phi) is 14.7. The van der Waals surface area contributed by atoms with Gasteiger partial charge in [-0.2, -0.15) is 9.97 Å². The van der Waals surface area contributed by atoms with Crippen molar-refractivity contribution in [1.82, 2.24) is 30.6 Å². The third-order valence-electron chi connectivity index (χ3n) is 10.8. The number of carbonyl (C=O) groups excluding carboxylic acids is 2. The number of carboxylic acid groups (broad SMARTS) is 4. The average Bonchev–Trinajstić information content (AvgIpc) is 3.72. The Labute approximate surface area is 378 Å². The van der Waals surface area contributed by atoms with Gasteiger partial charge in [0.05, 0.1) is 25.1 Å². The van der Waals surface area contributed by atoms with Gasteiger partial charge in [0.15, 0.2) is 17.3 Å². The number of nitrogens with zero attached hydrogens (tertiary/aromatic N) is 5. The van der Waals surface area contributed by atoms with Crippen molar-refractivity contribution in [2.24, 2.45) is 0 Å². The summed E-state index contributed by atoms with van der Waals surface area (Å²) in [4.78, 5) is 112. The fraction of sp³-hybridized carbons (Fsp3) is 0.325. The topological polar surface area (TPSA) is 421 Å². The number of nitrogens with one attached hydrogen (secondary N) is 8. The summed E-state index contributed by atoms with van der Waals surface area (Å²) in [6, 6.07) is 9.97. The molecule has 1 fully saturated rings. The molecule has 1 saturated heterocycles. The van der Waals surface area contributed by atoms with Crippen LogP contribution < -0.4 is 63.9 Å². The molecule has 1 unspecified atom stereocenters. The van der Waals surface area contributed by atoms with Crippen LogP contribution in [0.4, 0.5) is 46.3 Å². The summed E-state index contributed by atoms with van der Waals surface area (Å²) in [6.07, 6.45) is -0.165. The van der Waals surface area contributed by atoms with Crippen LogP contribution in [-0.2, 0) is 19.2 Å². The largest absolute Gasteiger partial charge is 0.481 e. The van der Waals surface area contributed by atoms with Gasteiger partial charge in [-0.05, 0) is 61.4 Å². The van der Waals surface area contributed by atoms with E-state index >= 15 is 0 Å². The lowest BCUT2D eigenvalue weighted by atomic mass is 10.1. The molecule has 354 valence electrons. The maximum atomic E-state index is 12.4. The third-order valence-corrected chi connectivity index (χ3v) is 10.8. The Morgan fingerprint density at radius 1 is 0.746 bits per heavy atom. The van der Waals surface area contributed by atoms with Crippen LogP contribution in [0.2, 0.25) is 0 Å². The predicted molar refractivity (Wildman–Crippen MR) is 242 cm³/mol. The van der Waals surface area contributed by atoms with Crippen LogP contribution in [-0.4, -0.2) is 139 Å². The van der Waals surface area contributed by atoms with Gasteiger partial charge in [-0.25, -0.2) is 9.59 Å². The van der Waals surface area contributed by atoms with Crippen LogP contribution in [0.1, 0.15) is 46.4 Å². The fourth-order valence-electron chi connectivity index (χ4n) is 7.43. The minimum absolute atomic E-state index is 0.0292. The van der Waals surface area contributed by atoms with Crippen molar-refractivity contribution in [3.8, 4) is 0 Å². The van der Waals surface area contributed by atoms with E-state index < -0.39 is 53.3 Å². The molecule has 5 heterocycles. The second-order valence-electron chi connectivity index (χ2n) is 15.3. The van der Waals surface area contributed by atoms with Gasteiger partial charge in [0.2, 0.25) is 11.9 Å². The van der Waals surface area contributed by atoms with Gasteiger partial charge in [0, 0.05) is 61.5 Å². The second-order valence-corrected chi connectivity index (χ2v) is 15.3. The summed E-state index contributed by atoms with van der Waals surface area (Å²) in [7, 11) is 0. The summed E-state index contributed by atoms with van der Waals surface area (Å²) >= 11 is 0. The maximum Gasteiger partial charge on any atom is 0.326 e. The average molecular weight is 930 g/mol. The summed E-state index contributed by atoms with van der Waals surface area (Å²) < 4.78 is 0. The fourth-order valence-corrected chi connectivity index (χ4v) is 7.43. The first-order valence-corrected chi connectivity index (χ1v) is 20.4. The minimum atomic E-state index is -1.32. The summed E-state index contributed by atoms with van der Waals surface area (Å²) in [5, 5.41) is 57.6. The smallest absolute Gasteiger partial charge is 0.326 e. The SMILES string of the molecule is N=CN1c2c(nc(N)[nH]c2=O)NC[C@@H]1CNc1ccc(C(=O)N[C@@H](CCC(=O)O)C(=O)O)cc1.Nc1nc2c(c(=O)[nH]1)N1CN(c3ccc(C(=O)N[C@@H](CCC(=O)O)C(=O)O)cc3)CC1CN2. The number of aromatic amines is 2. The molecule has 27 nitrogen and oxygen atoms in total. The molecule has 3 aliphatic rings. The number of rotatable bonds is 17. The molecule has 4 atom stereocenters. The molecule has 27 heteroatoms. The number of hydrogen-bond acceptors (Lipinski definition) is 18. The lowest BCUT2D eigenvalue weighted by Crippen LogP contribution is -2.49. The Bertz CT molecular complexity index is 2660. The Hall–Kier alpha value is -8.91. The van der Waals surface area contributed by atoms with Crippen LogP contribution in [0.5, 0.6) is 0 Å². The number of benzene rings is 2. The molecule has 16 N–H and O–H groups in total. The highest BCUT2D eigenvalue weighted by molar-refractivity contribution is 5.98. The van der Waals surface area contributed by atoms with E-state index in [-0.39, 0.29) is 72.0 Å². The van der Waals surface area contributed by atoms with Crippen molar-refractivity contribution in [1.29, 1.82) is 5.41 Å². The van der Waals surface area contributed by atoms with Crippen LogP contribution in [0.3, 0.4) is 0 Å². The lowest BCUT2D eigenvalue weighted by Gasteiger charge is -2.35. The molecule has 0 saturated carbocycles. The summed E-state index contributed by atoms with van der Waals surface area (Å²) in [6.45, 7) is 2.40. The molecule has 0 bridgehead atoms. The number of nitrogens with two attached hydrogens (primary N) is 2. The molecular formula is C40H47N15O12. The van der Waals surface area contributed by atoms with Crippen molar-refractivity contribution >= 4 is 88.3 Å². The van der Waals surface area contributed by atoms with Crippen LogP contribution in [0.15, 0.2) is 58.1 Å². The minimum Gasteiger partial charge on any atom is -0.481 e. The predicted octanol–water partition coefficient (Wildman–Crippen LogP) is -0.802. The number of hydrogen-bond donors (Lipinski definition) is 14. The van der Waals surface area contributed by atoms with E-state index in [1.54, 1.807) is 36.4 Å². The highest BCUT2D eigenvalue weighted by Crippen LogP contribution is 2.32. The Morgan fingerprint density at radius 2 is 1.24 bits per heavy atom. The van der Waals surface area contributed by atoms with E-state index in [1.807, 2.05) is 9.80 Å². The van der Waals surface area contributed by atoms with E-state index in [0.29, 0.717) is 55.9 Å². The van der Waals surface area contributed by atoms with E-state index in [4.69, 9.17) is 27.1 Å². The number of amides is 2. The maximum absolute atomic E-state index is 12.4. The number of anilines is 8. The van der Waals surface area contributed by atoms with Gasteiger partial charge >= 0.3 is 23.9 Å². The summed E-state index contributed by atoms with van der Waals surface area (Å²) in [5.41, 5.74) is 12.9. The first-order chi connectivity index (χ1) is 31.9. The van der Waals surface area contributed by atoms with Gasteiger partial charge in [0.25, 0.3) is 22.9 Å². The standard InChI is InChI=1S/C20H24N8O6.C20H23N7O6/c21-9-28-12(8-24-16-15(28)18(32)27-20(22)26-16)7-23-11-3-1-10(2-4-11)17(31)25-13(19(33)34)5-6-14(29)30;21-20-24-16-15(18(31)25-20)27-9-26(8-12(27)7-22-16)11-3-1-10(2-4-11)17(30)23-13(19(32)33)5-6-14(28)29/h1-4,9,12-13,21,23H,5-8H2,(H,25,31)(H,29,30)(H,33,34)(H4,22,24,26,27,32);1-4,12-13H,5-9H2,(H,23,30)(H,28,29)(H,32,33)(H4,21,22,24,25,31)/t12-,13-;12?,13-/m00/s1. The van der Waals surface area contributed by atoms with Crippen LogP contribution in [0.25, 0.3) is 0 Å². The molecule has 4 aromatic rings. The molecule has 0 radical (unpaired) electrons. The zero-order valence-electron chi connectivity index (χ0n) is 35.3. The molecule has 0 spiro atoms. The number of carbonyl (C=O) groups is 6. The van der Waals surface area contributed by atoms with Crippen LogP contribution in [0, 0.1) is 5.41 Å². The monoisotopic (exact) mass is 929 g/mol. The number of nitrogen functional groups attached to an aromatic ring is 2. The normalized spacial score (nSPS) is 16.4. The Balaban J connectivity index is 0.000000221. The molecule has 7 rings (SSSR count). The molecule has 0 aliphatic carbocycles. The molecule has 67 heavy (non-hydrogen) atoms. The van der Waals surface area contributed by atoms with Crippen molar-refractivity contribution in [3.63, 3.8) is 0 Å². The van der Waals surface area contributed by atoms with E-state index in [2.05, 4.69) is 46.5 Å². The highest BCUT2D eigenvalue weighted by atomic mass is 16.4. The number of aliphatic carboxylic acids is 4. The second kappa shape index (κ2) is 20.7. The van der Waals surface area contributed by atoms with E-state index in [0.717, 1.165) is 12.0 Å². The van der Waals surface area contributed by atoms with E-state index in [1.165, 1.54) is 17.0 Å². The Morgan fingerprint density at radius 3 is 1.75 bits per heavy atom. The summed E-state index contributed by atoms with van der Waals surface area (Å²) in [5.74, 6) is -5.40. The van der Waals surface area contributed by atoms with Gasteiger partial charge in [-0.3, -0.25) is 44.1 Å². The van der Waals surface area contributed by atoms with Gasteiger partial charge in [-0.1, -0.05) is 0 Å². The van der Waals surface area contributed by atoms with Gasteiger partial charge < -0.3 is 73.2 Å². The molecule has 2 aromatic heterocycles. The number of fused-ring (bicyclic) bond motifs is 4. The lowest BCUT2D eigenvalue weighted by molar-refractivity contribution is -0.142.